The number of halogens is 2. The Morgan fingerprint density at radius 2 is 1.83 bits per heavy atom. The highest BCUT2D eigenvalue weighted by molar-refractivity contribution is 7.99. The number of anilines is 3. The highest BCUT2D eigenvalue weighted by atomic mass is 32.2. The van der Waals surface area contributed by atoms with Crippen LogP contribution in [0.4, 0.5) is 26.0 Å². The first-order valence-corrected chi connectivity index (χ1v) is 15.0. The molecule has 11 heteroatoms. The van der Waals surface area contributed by atoms with Gasteiger partial charge in [0, 0.05) is 71.5 Å². The summed E-state index contributed by atoms with van der Waals surface area (Å²) < 4.78 is 33.0. The second-order valence-electron chi connectivity index (χ2n) is 11.0. The van der Waals surface area contributed by atoms with Gasteiger partial charge in [-0.25, -0.2) is 8.78 Å². The number of aromatic nitrogens is 2. The molecule has 0 radical (unpaired) electrons. The molecule has 3 heterocycles. The number of ether oxygens (including phenoxy) is 1. The van der Waals surface area contributed by atoms with Crippen molar-refractivity contribution in [2.75, 3.05) is 55.9 Å². The molecule has 8 nitrogen and oxygen atoms in total. The van der Waals surface area contributed by atoms with Crippen molar-refractivity contribution >= 4 is 45.8 Å². The van der Waals surface area contributed by atoms with E-state index in [0.29, 0.717) is 40.9 Å². The summed E-state index contributed by atoms with van der Waals surface area (Å²) in [6.45, 7) is 3.45. The summed E-state index contributed by atoms with van der Waals surface area (Å²) in [4.78, 5) is 19.5. The van der Waals surface area contributed by atoms with Gasteiger partial charge in [0.2, 0.25) is 0 Å². The lowest BCUT2D eigenvalue weighted by molar-refractivity contribution is 0.0904. The molecule has 2 aliphatic heterocycles. The number of amides is 1. The summed E-state index contributed by atoms with van der Waals surface area (Å²) in [5.41, 5.74) is 3.10. The van der Waals surface area contributed by atoms with Crippen molar-refractivity contribution in [3.05, 3.63) is 71.8 Å². The van der Waals surface area contributed by atoms with E-state index in [1.807, 2.05) is 30.3 Å². The first-order chi connectivity index (χ1) is 20.3. The molecule has 0 bridgehead atoms. The minimum absolute atomic E-state index is 0.210. The minimum Gasteiger partial charge on any atom is -0.381 e. The van der Waals surface area contributed by atoms with E-state index in [1.54, 1.807) is 0 Å². The zero-order chi connectivity index (χ0) is 29.2. The standard InChI is InChI=1S/C31H34F2N6O2S/c1-38-10-7-23(18-38)39(2)22-3-5-26(29(16-22)34-21-8-11-41-12-9-21)31(40)35-30-27-17-24(4-6-28(27)36-37-30)42-25-14-19(32)13-20(33)15-25/h3-6,13-17,21,23,34H,7-12,18H2,1-2H3,(H2,35,36,37,40). The Morgan fingerprint density at radius 1 is 1.05 bits per heavy atom. The van der Waals surface area contributed by atoms with E-state index in [0.717, 1.165) is 60.2 Å². The lowest BCUT2D eigenvalue weighted by atomic mass is 10.1. The molecule has 0 spiro atoms. The smallest absolute Gasteiger partial charge is 0.258 e. The topological polar surface area (TPSA) is 85.5 Å². The number of hydrogen-bond acceptors (Lipinski definition) is 7. The molecule has 3 N–H and O–H groups in total. The van der Waals surface area contributed by atoms with Crippen LogP contribution in [0, 0.1) is 11.6 Å². The molecule has 0 saturated carbocycles. The molecule has 220 valence electrons. The van der Waals surface area contributed by atoms with Gasteiger partial charge in [0.15, 0.2) is 5.82 Å². The first-order valence-electron chi connectivity index (χ1n) is 14.2. The van der Waals surface area contributed by atoms with Crippen LogP contribution in [-0.4, -0.2) is 73.5 Å². The molecule has 2 saturated heterocycles. The molecule has 1 aromatic heterocycles. The quantitative estimate of drug-likeness (QED) is 0.232. The summed E-state index contributed by atoms with van der Waals surface area (Å²) in [6, 6.07) is 15.5. The van der Waals surface area contributed by atoms with Gasteiger partial charge in [-0.1, -0.05) is 11.8 Å². The predicted molar refractivity (Wildman–Crippen MR) is 163 cm³/mol. The van der Waals surface area contributed by atoms with Crippen LogP contribution in [0.15, 0.2) is 64.4 Å². The van der Waals surface area contributed by atoms with E-state index in [4.69, 9.17) is 4.74 Å². The Morgan fingerprint density at radius 3 is 2.57 bits per heavy atom. The summed E-state index contributed by atoms with van der Waals surface area (Å²) >= 11 is 1.23. The van der Waals surface area contributed by atoms with Gasteiger partial charge >= 0.3 is 0 Å². The lowest BCUT2D eigenvalue weighted by Crippen LogP contribution is -2.34. The third kappa shape index (κ3) is 6.38. The van der Waals surface area contributed by atoms with Crippen LogP contribution in [0.5, 0.6) is 0 Å². The van der Waals surface area contributed by atoms with Gasteiger partial charge in [-0.15, -0.1) is 0 Å². The SMILES string of the molecule is CN1CCC(N(C)c2ccc(C(=O)Nc3n[nH]c4ccc(Sc5cc(F)cc(F)c5)cc34)c(NC3CCOCC3)c2)C1. The summed E-state index contributed by atoms with van der Waals surface area (Å²) in [5, 5.41) is 14.6. The molecular formula is C31H34F2N6O2S. The Kier molecular flexibility index (Phi) is 8.32. The molecule has 1 atom stereocenters. The number of likely N-dealkylation sites (N-methyl/N-ethyl adjacent to an activating group) is 2. The molecule has 3 aromatic carbocycles. The number of H-pyrrole nitrogens is 1. The van der Waals surface area contributed by atoms with E-state index in [1.165, 1.54) is 23.9 Å². The Labute approximate surface area is 247 Å². The molecule has 2 fully saturated rings. The maximum absolute atomic E-state index is 13.7. The van der Waals surface area contributed by atoms with Gasteiger partial charge < -0.3 is 25.2 Å². The van der Waals surface area contributed by atoms with Crippen LogP contribution in [0.1, 0.15) is 29.6 Å². The van der Waals surface area contributed by atoms with Crippen LogP contribution in [-0.2, 0) is 4.74 Å². The number of likely N-dealkylation sites (tertiary alicyclic amines) is 1. The van der Waals surface area contributed by atoms with Crippen LogP contribution < -0.4 is 15.5 Å². The number of fused-ring (bicyclic) bond motifs is 1. The van der Waals surface area contributed by atoms with Crippen molar-refractivity contribution in [3.8, 4) is 0 Å². The number of carbonyl (C=O) groups excluding carboxylic acids is 1. The third-order valence-electron chi connectivity index (χ3n) is 7.99. The minimum atomic E-state index is -0.632. The van der Waals surface area contributed by atoms with E-state index in [9.17, 15) is 13.6 Å². The van der Waals surface area contributed by atoms with Crippen molar-refractivity contribution in [3.63, 3.8) is 0 Å². The highest BCUT2D eigenvalue weighted by Crippen LogP contribution is 2.34. The summed E-state index contributed by atoms with van der Waals surface area (Å²) in [5.74, 6) is -1.16. The molecule has 1 unspecified atom stereocenters. The Bertz CT molecular complexity index is 1570. The lowest BCUT2D eigenvalue weighted by Gasteiger charge is -2.29. The molecule has 6 rings (SSSR count). The monoisotopic (exact) mass is 592 g/mol. The van der Waals surface area contributed by atoms with Crippen LogP contribution >= 0.6 is 11.8 Å². The van der Waals surface area contributed by atoms with Gasteiger partial charge in [0.1, 0.15) is 11.6 Å². The van der Waals surface area contributed by atoms with Crippen LogP contribution in [0.2, 0.25) is 0 Å². The fraction of sp³-hybridized carbons (Fsp3) is 0.355. The molecule has 42 heavy (non-hydrogen) atoms. The van der Waals surface area contributed by atoms with Gasteiger partial charge in [0.25, 0.3) is 5.91 Å². The van der Waals surface area contributed by atoms with E-state index in [2.05, 4.69) is 50.8 Å². The number of rotatable bonds is 8. The van der Waals surface area contributed by atoms with Crippen molar-refractivity contribution in [1.82, 2.24) is 15.1 Å². The zero-order valence-corrected chi connectivity index (χ0v) is 24.4. The van der Waals surface area contributed by atoms with Crippen LogP contribution in [0.25, 0.3) is 10.9 Å². The zero-order valence-electron chi connectivity index (χ0n) is 23.6. The normalized spacial score (nSPS) is 18.0. The average Bonchev–Trinajstić information content (AvgIpc) is 3.58. The second kappa shape index (κ2) is 12.3. The van der Waals surface area contributed by atoms with E-state index in [-0.39, 0.29) is 11.9 Å². The van der Waals surface area contributed by atoms with Crippen molar-refractivity contribution in [2.45, 2.75) is 41.1 Å². The average molecular weight is 593 g/mol. The maximum atomic E-state index is 13.7. The maximum Gasteiger partial charge on any atom is 0.258 e. The number of benzene rings is 3. The fourth-order valence-corrected chi connectivity index (χ4v) is 6.55. The predicted octanol–water partition coefficient (Wildman–Crippen LogP) is 5.98. The number of carbonyl (C=O) groups is 1. The van der Waals surface area contributed by atoms with Crippen molar-refractivity contribution in [2.24, 2.45) is 0 Å². The Hall–Kier alpha value is -3.67. The van der Waals surface area contributed by atoms with Gasteiger partial charge in [0.05, 0.1) is 11.1 Å². The molecule has 2 aliphatic rings. The van der Waals surface area contributed by atoms with E-state index >= 15 is 0 Å². The second-order valence-corrected chi connectivity index (χ2v) is 12.2. The largest absolute Gasteiger partial charge is 0.381 e. The molecular weight excluding hydrogens is 558 g/mol. The number of hydrogen-bond donors (Lipinski definition) is 3. The highest BCUT2D eigenvalue weighted by Gasteiger charge is 2.25. The molecule has 1 amide bonds. The number of aromatic amines is 1. The first kappa shape index (κ1) is 28.4. The van der Waals surface area contributed by atoms with Crippen molar-refractivity contribution < 1.29 is 18.3 Å². The van der Waals surface area contributed by atoms with Crippen LogP contribution in [0.3, 0.4) is 0 Å². The van der Waals surface area contributed by atoms with E-state index < -0.39 is 11.6 Å². The Balaban J connectivity index is 1.26. The third-order valence-corrected chi connectivity index (χ3v) is 8.95. The summed E-state index contributed by atoms with van der Waals surface area (Å²) in [7, 11) is 4.25. The number of nitrogens with zero attached hydrogens (tertiary/aromatic N) is 3. The van der Waals surface area contributed by atoms with Gasteiger partial charge in [-0.05, 0) is 81.4 Å². The summed E-state index contributed by atoms with van der Waals surface area (Å²) in [6.07, 6.45) is 2.83. The van der Waals surface area contributed by atoms with Crippen molar-refractivity contribution in [1.29, 1.82) is 0 Å². The number of nitrogens with one attached hydrogen (secondary N) is 3. The molecule has 4 aromatic rings. The molecule has 0 aliphatic carbocycles. The van der Waals surface area contributed by atoms with Gasteiger partial charge in [-0.3, -0.25) is 9.89 Å². The van der Waals surface area contributed by atoms with Gasteiger partial charge in [-0.2, -0.15) is 5.10 Å². The fourth-order valence-electron chi connectivity index (χ4n) is 5.62.